The van der Waals surface area contributed by atoms with Gasteiger partial charge >= 0.3 is 5.97 Å². The van der Waals surface area contributed by atoms with Gasteiger partial charge in [0.2, 0.25) is 5.91 Å². The summed E-state index contributed by atoms with van der Waals surface area (Å²) in [6, 6.07) is 4.56. The van der Waals surface area contributed by atoms with Crippen molar-refractivity contribution in [2.45, 2.75) is 63.1 Å². The summed E-state index contributed by atoms with van der Waals surface area (Å²) in [6.07, 6.45) is 7.11. The van der Waals surface area contributed by atoms with E-state index in [-0.39, 0.29) is 30.4 Å². The maximum Gasteiger partial charge on any atom is 0.341 e. The first-order chi connectivity index (χ1) is 16.9. The van der Waals surface area contributed by atoms with E-state index in [4.69, 9.17) is 19.3 Å². The number of carbonyl (C=O) groups is 2. The van der Waals surface area contributed by atoms with Gasteiger partial charge in [-0.25, -0.2) is 9.18 Å². The van der Waals surface area contributed by atoms with Gasteiger partial charge in [-0.2, -0.15) is 0 Å². The first kappa shape index (κ1) is 25.6. The molecule has 2 saturated heterocycles. The predicted molar refractivity (Wildman–Crippen MR) is 128 cm³/mol. The van der Waals surface area contributed by atoms with Crippen molar-refractivity contribution >= 4 is 17.4 Å². The fraction of sp³-hybridized carbons (Fsp3) is 0.615. The number of ether oxygens (including phenoxy) is 3. The molecule has 0 aromatic heterocycles. The molecule has 9 heteroatoms. The Balaban J connectivity index is 1.41. The summed E-state index contributed by atoms with van der Waals surface area (Å²) in [7, 11) is 0. The third-order valence-electron chi connectivity index (χ3n) is 7.14. The summed E-state index contributed by atoms with van der Waals surface area (Å²) < 4.78 is 31.6. The fourth-order valence-corrected chi connectivity index (χ4v) is 5.46. The van der Waals surface area contributed by atoms with Gasteiger partial charge in [-0.3, -0.25) is 4.79 Å². The first-order valence-electron chi connectivity index (χ1n) is 12.4. The second-order valence-corrected chi connectivity index (χ2v) is 9.91. The van der Waals surface area contributed by atoms with E-state index in [1.165, 1.54) is 6.07 Å². The van der Waals surface area contributed by atoms with Gasteiger partial charge in [-0.05, 0) is 62.6 Å². The Morgan fingerprint density at radius 2 is 2.20 bits per heavy atom. The van der Waals surface area contributed by atoms with Gasteiger partial charge in [0.05, 0.1) is 30.9 Å². The highest BCUT2D eigenvalue weighted by molar-refractivity contribution is 5.79. The lowest BCUT2D eigenvalue weighted by Crippen LogP contribution is -2.69. The highest BCUT2D eigenvalue weighted by Gasteiger charge is 2.44. The molecule has 2 aliphatic heterocycles. The van der Waals surface area contributed by atoms with E-state index in [1.54, 1.807) is 12.1 Å². The average molecular weight is 491 g/mol. The van der Waals surface area contributed by atoms with Crippen molar-refractivity contribution in [3.8, 4) is 5.75 Å². The molecule has 1 aliphatic carbocycles. The third-order valence-corrected chi connectivity index (χ3v) is 7.14. The quantitative estimate of drug-likeness (QED) is 0.540. The van der Waals surface area contributed by atoms with Gasteiger partial charge in [0.1, 0.15) is 6.61 Å². The summed E-state index contributed by atoms with van der Waals surface area (Å²) in [5.41, 5.74) is 1.02. The zero-order valence-corrected chi connectivity index (χ0v) is 20.2. The highest BCUT2D eigenvalue weighted by atomic mass is 19.1. The van der Waals surface area contributed by atoms with E-state index in [1.807, 2.05) is 6.08 Å². The molecule has 3 aliphatic rings. The average Bonchev–Trinajstić information content (AvgIpc) is 2.82. The summed E-state index contributed by atoms with van der Waals surface area (Å²) in [4.78, 5) is 23.1. The number of hydrogen-bond donors (Lipinski definition) is 3. The third kappa shape index (κ3) is 6.39. The minimum absolute atomic E-state index is 0.00220. The normalized spacial score (nSPS) is 29.6. The molecule has 4 rings (SSSR count). The largest absolute Gasteiger partial charge is 0.479 e. The standard InChI is InChI=1S/C26H35FN2O6/c1-17-4-3-11-28-22(26(12-17)16-33-14-23(30)29-26)13-34-19-9-7-18(8-10-19)20-5-2-6-21(27)25(20)35-15-24(31)32/h2,5-7,17,19,22,28H,3-4,8-16H2,1H3,(H,29,30)(H,31,32)/t17-,19?,22?,26?/m0/s1. The monoisotopic (exact) mass is 490 g/mol. The smallest absolute Gasteiger partial charge is 0.341 e. The lowest BCUT2D eigenvalue weighted by atomic mass is 9.78. The zero-order valence-electron chi connectivity index (χ0n) is 20.2. The lowest BCUT2D eigenvalue weighted by molar-refractivity contribution is -0.140. The van der Waals surface area contributed by atoms with E-state index < -0.39 is 23.9 Å². The van der Waals surface area contributed by atoms with Crippen LogP contribution in [0.25, 0.3) is 5.57 Å². The van der Waals surface area contributed by atoms with Gasteiger partial charge in [0.25, 0.3) is 0 Å². The minimum Gasteiger partial charge on any atom is -0.479 e. The van der Waals surface area contributed by atoms with E-state index in [0.29, 0.717) is 37.5 Å². The van der Waals surface area contributed by atoms with E-state index >= 15 is 0 Å². The Morgan fingerprint density at radius 3 is 2.94 bits per heavy atom. The number of aliphatic carboxylic acids is 1. The molecular formula is C26H35FN2O6. The van der Waals surface area contributed by atoms with Crippen molar-refractivity contribution in [1.29, 1.82) is 0 Å². The molecule has 0 radical (unpaired) electrons. The Kier molecular flexibility index (Phi) is 8.41. The molecule has 1 aromatic rings. The number of carbonyl (C=O) groups excluding carboxylic acids is 1. The van der Waals surface area contributed by atoms with Gasteiger partial charge < -0.3 is 30.0 Å². The van der Waals surface area contributed by atoms with E-state index in [2.05, 4.69) is 17.6 Å². The molecule has 3 unspecified atom stereocenters. The maximum atomic E-state index is 14.3. The summed E-state index contributed by atoms with van der Waals surface area (Å²) in [5.74, 6) is -1.36. The number of halogens is 1. The molecule has 1 aromatic carbocycles. The number of allylic oxidation sites excluding steroid dienone is 1. The maximum absolute atomic E-state index is 14.3. The Morgan fingerprint density at radius 1 is 1.34 bits per heavy atom. The van der Waals surface area contributed by atoms with Gasteiger partial charge in [0.15, 0.2) is 18.2 Å². The van der Waals surface area contributed by atoms with Crippen LogP contribution in [-0.2, 0) is 19.1 Å². The Bertz CT molecular complexity index is 954. The Hall–Kier alpha value is -2.49. The number of para-hydroxylation sites is 1. The predicted octanol–water partition coefficient (Wildman–Crippen LogP) is 2.91. The number of amides is 1. The number of carboxylic acid groups (broad SMARTS) is 1. The number of morpholine rings is 1. The summed E-state index contributed by atoms with van der Waals surface area (Å²) in [6.45, 7) is 3.51. The van der Waals surface area contributed by atoms with Crippen molar-refractivity contribution in [1.82, 2.24) is 10.6 Å². The Labute approximate surface area is 205 Å². The number of carboxylic acids is 1. The topological polar surface area (TPSA) is 106 Å². The van der Waals surface area contributed by atoms with Crippen LogP contribution in [0.4, 0.5) is 4.39 Å². The van der Waals surface area contributed by atoms with Crippen LogP contribution < -0.4 is 15.4 Å². The molecule has 8 nitrogen and oxygen atoms in total. The fourth-order valence-electron chi connectivity index (χ4n) is 5.46. The number of nitrogens with one attached hydrogen (secondary N) is 2. The van der Waals surface area contributed by atoms with Crippen molar-refractivity contribution in [2.75, 3.05) is 33.0 Å². The van der Waals surface area contributed by atoms with Crippen LogP contribution in [0.2, 0.25) is 0 Å². The lowest BCUT2D eigenvalue weighted by Gasteiger charge is -2.46. The number of hydrogen-bond acceptors (Lipinski definition) is 6. The molecule has 1 amide bonds. The van der Waals surface area contributed by atoms with Crippen LogP contribution in [0.1, 0.15) is 51.0 Å². The van der Waals surface area contributed by atoms with Crippen LogP contribution in [-0.4, -0.2) is 67.6 Å². The molecular weight excluding hydrogens is 455 g/mol. The molecule has 0 saturated carbocycles. The number of benzene rings is 1. The zero-order chi connectivity index (χ0) is 24.8. The molecule has 0 bridgehead atoms. The minimum atomic E-state index is -1.15. The SMILES string of the molecule is C[C@H]1CCCNC(COC2CC=C(c3cccc(F)c3OCC(=O)O)CC2)C2(COCC(=O)N2)C1. The molecule has 2 heterocycles. The first-order valence-corrected chi connectivity index (χ1v) is 12.4. The number of rotatable bonds is 7. The van der Waals surface area contributed by atoms with Crippen molar-refractivity contribution in [2.24, 2.45) is 5.92 Å². The molecule has 2 fully saturated rings. The summed E-state index contributed by atoms with van der Waals surface area (Å²) >= 11 is 0. The molecule has 4 atom stereocenters. The molecule has 35 heavy (non-hydrogen) atoms. The second kappa shape index (κ2) is 11.5. The van der Waals surface area contributed by atoms with Gasteiger partial charge in [-0.1, -0.05) is 25.1 Å². The van der Waals surface area contributed by atoms with Crippen LogP contribution in [0.3, 0.4) is 0 Å². The highest BCUT2D eigenvalue weighted by Crippen LogP contribution is 2.36. The van der Waals surface area contributed by atoms with Gasteiger partial charge in [0, 0.05) is 5.56 Å². The molecule has 3 N–H and O–H groups in total. The van der Waals surface area contributed by atoms with Crippen LogP contribution in [0, 0.1) is 11.7 Å². The molecule has 1 spiro atoms. The van der Waals surface area contributed by atoms with Crippen molar-refractivity contribution in [3.63, 3.8) is 0 Å². The van der Waals surface area contributed by atoms with Crippen LogP contribution in [0.15, 0.2) is 24.3 Å². The van der Waals surface area contributed by atoms with E-state index in [0.717, 1.165) is 37.8 Å². The van der Waals surface area contributed by atoms with Gasteiger partial charge in [-0.15, -0.1) is 0 Å². The van der Waals surface area contributed by atoms with Crippen molar-refractivity contribution in [3.05, 3.63) is 35.7 Å². The molecule has 192 valence electrons. The van der Waals surface area contributed by atoms with E-state index in [9.17, 15) is 14.0 Å². The van der Waals surface area contributed by atoms with Crippen LogP contribution in [0.5, 0.6) is 5.75 Å². The summed E-state index contributed by atoms with van der Waals surface area (Å²) in [5, 5.41) is 15.7. The van der Waals surface area contributed by atoms with Crippen LogP contribution >= 0.6 is 0 Å². The van der Waals surface area contributed by atoms with Crippen molar-refractivity contribution < 1.29 is 33.3 Å². The second-order valence-electron chi connectivity index (χ2n) is 9.91.